The topological polar surface area (TPSA) is 82.1 Å². The smallest absolute Gasteiger partial charge is 0.326 e. The fraction of sp³-hybridized carbons (Fsp3) is 0.292. The number of imide groups is 1. The Morgan fingerprint density at radius 3 is 2.53 bits per heavy atom. The van der Waals surface area contributed by atoms with Crippen molar-refractivity contribution < 1.29 is 28.6 Å². The molecule has 1 aliphatic rings. The number of halogens is 2. The van der Waals surface area contributed by atoms with Gasteiger partial charge in [0, 0.05) is 4.47 Å². The first-order valence-corrected chi connectivity index (χ1v) is 12.8. The van der Waals surface area contributed by atoms with Crippen LogP contribution in [0.1, 0.15) is 31.4 Å². The highest BCUT2D eigenvalue weighted by Crippen LogP contribution is 2.39. The van der Waals surface area contributed by atoms with Crippen molar-refractivity contribution >= 4 is 66.8 Å². The third-order valence-electron chi connectivity index (χ3n) is 4.91. The van der Waals surface area contributed by atoms with Crippen LogP contribution >= 0.6 is 43.6 Å². The number of nitrogens with zero attached hydrogens (tertiary/aromatic N) is 1. The first-order valence-electron chi connectivity index (χ1n) is 10.4. The van der Waals surface area contributed by atoms with E-state index in [1.807, 2.05) is 31.2 Å². The predicted octanol–water partition coefficient (Wildman–Crippen LogP) is 6.18. The van der Waals surface area contributed by atoms with Crippen molar-refractivity contribution in [3.63, 3.8) is 0 Å². The highest BCUT2D eigenvalue weighted by Gasteiger charge is 2.37. The van der Waals surface area contributed by atoms with E-state index in [1.54, 1.807) is 25.1 Å². The number of esters is 1. The van der Waals surface area contributed by atoms with Crippen molar-refractivity contribution in [2.75, 3.05) is 13.7 Å². The van der Waals surface area contributed by atoms with E-state index in [9.17, 15) is 14.4 Å². The minimum absolute atomic E-state index is 0.207. The van der Waals surface area contributed by atoms with Crippen molar-refractivity contribution in [2.24, 2.45) is 0 Å². The highest BCUT2D eigenvalue weighted by molar-refractivity contribution is 9.10. The summed E-state index contributed by atoms with van der Waals surface area (Å²) in [7, 11) is 1.52. The number of carbonyl (C=O) groups excluding carboxylic acids is 3. The molecule has 0 aliphatic carbocycles. The molecule has 2 aromatic rings. The number of benzene rings is 2. The number of hydrogen-bond acceptors (Lipinski definition) is 7. The second kappa shape index (κ2) is 11.9. The van der Waals surface area contributed by atoms with Gasteiger partial charge in [0.15, 0.2) is 11.5 Å². The molecule has 0 radical (unpaired) electrons. The van der Waals surface area contributed by atoms with Gasteiger partial charge >= 0.3 is 5.97 Å². The molecule has 0 bridgehead atoms. The summed E-state index contributed by atoms with van der Waals surface area (Å²) in [5.74, 6) is -0.172. The van der Waals surface area contributed by atoms with Gasteiger partial charge in [0.2, 0.25) is 0 Å². The Bertz CT molecular complexity index is 1120. The maximum atomic E-state index is 12.7. The van der Waals surface area contributed by atoms with Crippen molar-refractivity contribution in [2.45, 2.75) is 33.0 Å². The van der Waals surface area contributed by atoms with Crippen molar-refractivity contribution in [1.29, 1.82) is 0 Å². The molecular formula is C24H23Br2NO6S. The monoisotopic (exact) mass is 611 g/mol. The fourth-order valence-electron chi connectivity index (χ4n) is 2.96. The summed E-state index contributed by atoms with van der Waals surface area (Å²) in [5.41, 5.74) is 1.62. The quantitative estimate of drug-likeness (QED) is 0.247. The first-order chi connectivity index (χ1) is 16.2. The predicted molar refractivity (Wildman–Crippen MR) is 138 cm³/mol. The Kier molecular flexibility index (Phi) is 9.21. The first kappa shape index (κ1) is 26.3. The number of carbonyl (C=O) groups is 3. The second-order valence-electron chi connectivity index (χ2n) is 7.43. The number of rotatable bonds is 9. The molecule has 0 saturated carbocycles. The highest BCUT2D eigenvalue weighted by atomic mass is 79.9. The van der Waals surface area contributed by atoms with Gasteiger partial charge in [-0.1, -0.05) is 35.0 Å². The van der Waals surface area contributed by atoms with Gasteiger partial charge in [0.05, 0.1) is 22.6 Å². The molecular weight excluding hydrogens is 590 g/mol. The summed E-state index contributed by atoms with van der Waals surface area (Å²) < 4.78 is 18.2. The lowest BCUT2D eigenvalue weighted by Crippen LogP contribution is -2.35. The number of methoxy groups -OCH3 is 1. The SMILES string of the molecule is CC[C@@H](C)OC(=O)CN1C(=O)S/C(=C/c2cc(Br)c(OCc3ccc(Br)cc3)c(OC)c2)C1=O. The minimum Gasteiger partial charge on any atom is -0.493 e. The normalized spacial score (nSPS) is 15.6. The number of thioether (sulfide) groups is 1. The third kappa shape index (κ3) is 6.64. The van der Waals surface area contributed by atoms with Crippen LogP contribution in [0.15, 0.2) is 50.2 Å². The zero-order valence-corrected chi connectivity index (χ0v) is 22.8. The molecule has 1 atom stereocenters. The summed E-state index contributed by atoms with van der Waals surface area (Å²) in [6.45, 7) is 3.56. The molecule has 0 aromatic heterocycles. The molecule has 0 unspecified atom stereocenters. The molecule has 1 saturated heterocycles. The Hall–Kier alpha value is -2.30. The van der Waals surface area contributed by atoms with E-state index >= 15 is 0 Å². The van der Waals surface area contributed by atoms with Gasteiger partial charge < -0.3 is 14.2 Å². The molecule has 0 N–H and O–H groups in total. The molecule has 1 heterocycles. The molecule has 34 heavy (non-hydrogen) atoms. The van der Waals surface area contributed by atoms with Gasteiger partial charge in [0.1, 0.15) is 13.2 Å². The number of amides is 2. The average Bonchev–Trinajstić information content (AvgIpc) is 3.06. The molecule has 3 rings (SSSR count). The van der Waals surface area contributed by atoms with E-state index in [2.05, 4.69) is 31.9 Å². The van der Waals surface area contributed by atoms with Gasteiger partial charge in [-0.25, -0.2) is 0 Å². The Morgan fingerprint density at radius 2 is 1.88 bits per heavy atom. The lowest BCUT2D eigenvalue weighted by Gasteiger charge is -2.15. The summed E-state index contributed by atoms with van der Waals surface area (Å²) in [6, 6.07) is 11.3. The number of ether oxygens (including phenoxy) is 3. The maximum Gasteiger partial charge on any atom is 0.326 e. The fourth-order valence-corrected chi connectivity index (χ4v) is 4.64. The van der Waals surface area contributed by atoms with Gasteiger partial charge in [0.25, 0.3) is 11.1 Å². The molecule has 7 nitrogen and oxygen atoms in total. The second-order valence-corrected chi connectivity index (χ2v) is 10.2. The molecule has 0 spiro atoms. The largest absolute Gasteiger partial charge is 0.493 e. The van der Waals surface area contributed by atoms with Crippen LogP contribution in [0, 0.1) is 0 Å². The van der Waals surface area contributed by atoms with E-state index in [0.717, 1.165) is 26.7 Å². The van der Waals surface area contributed by atoms with Crippen LogP contribution in [0.25, 0.3) is 6.08 Å². The van der Waals surface area contributed by atoms with Gasteiger partial charge in [-0.15, -0.1) is 0 Å². The molecule has 2 aromatic carbocycles. The summed E-state index contributed by atoms with van der Waals surface area (Å²) in [4.78, 5) is 38.2. The molecule has 1 fully saturated rings. The standard InChI is InChI=1S/C24H23Br2NO6S/c1-4-14(2)33-21(28)12-27-23(29)20(34-24(27)30)11-16-9-18(26)22(19(10-16)31-3)32-13-15-5-7-17(25)8-6-15/h5-11,14H,4,12-13H2,1-3H3/b20-11+/t14-/m1/s1. The Labute approximate surface area is 219 Å². The van der Waals surface area contributed by atoms with E-state index in [0.29, 0.717) is 34.6 Å². The average molecular weight is 613 g/mol. The van der Waals surface area contributed by atoms with Gasteiger partial charge in [-0.2, -0.15) is 0 Å². The van der Waals surface area contributed by atoms with Crippen LogP contribution in [0.5, 0.6) is 11.5 Å². The lowest BCUT2D eigenvalue weighted by molar-refractivity contribution is -0.150. The number of hydrogen-bond donors (Lipinski definition) is 0. The minimum atomic E-state index is -0.616. The Balaban J connectivity index is 1.75. The van der Waals surface area contributed by atoms with Crippen molar-refractivity contribution in [3.8, 4) is 11.5 Å². The molecule has 2 amide bonds. The Morgan fingerprint density at radius 1 is 1.18 bits per heavy atom. The van der Waals surface area contributed by atoms with E-state index < -0.39 is 23.7 Å². The third-order valence-corrected chi connectivity index (χ3v) is 6.94. The van der Waals surface area contributed by atoms with Crippen LogP contribution in [-0.2, 0) is 20.9 Å². The zero-order chi connectivity index (χ0) is 24.8. The molecule has 180 valence electrons. The van der Waals surface area contributed by atoms with Crippen LogP contribution in [0.4, 0.5) is 4.79 Å². The van der Waals surface area contributed by atoms with Crippen molar-refractivity contribution in [1.82, 2.24) is 4.90 Å². The van der Waals surface area contributed by atoms with Gasteiger partial charge in [-0.3, -0.25) is 19.3 Å². The summed E-state index contributed by atoms with van der Waals surface area (Å²) in [6.07, 6.45) is 1.95. The lowest BCUT2D eigenvalue weighted by atomic mass is 10.1. The van der Waals surface area contributed by atoms with Crippen LogP contribution in [0.3, 0.4) is 0 Å². The zero-order valence-electron chi connectivity index (χ0n) is 18.8. The molecule has 10 heteroatoms. The van der Waals surface area contributed by atoms with Gasteiger partial charge in [-0.05, 0) is 82.5 Å². The van der Waals surface area contributed by atoms with E-state index in [-0.39, 0.29) is 11.0 Å². The summed E-state index contributed by atoms with van der Waals surface area (Å²) >= 11 is 7.69. The maximum absolute atomic E-state index is 12.7. The van der Waals surface area contributed by atoms with Crippen LogP contribution < -0.4 is 9.47 Å². The van der Waals surface area contributed by atoms with Crippen LogP contribution in [-0.4, -0.2) is 41.8 Å². The van der Waals surface area contributed by atoms with Crippen LogP contribution in [0.2, 0.25) is 0 Å². The molecule has 1 aliphatic heterocycles. The summed E-state index contributed by atoms with van der Waals surface area (Å²) in [5, 5.41) is -0.516. The van der Waals surface area contributed by atoms with E-state index in [1.165, 1.54) is 7.11 Å². The van der Waals surface area contributed by atoms with Crippen molar-refractivity contribution in [3.05, 3.63) is 61.4 Å². The van der Waals surface area contributed by atoms with E-state index in [4.69, 9.17) is 14.2 Å².